The molecule has 2 aliphatic heterocycles. The van der Waals surface area contributed by atoms with Crippen molar-refractivity contribution in [2.45, 2.75) is 75.0 Å². The van der Waals surface area contributed by atoms with Crippen molar-refractivity contribution in [3.8, 4) is 44.5 Å². The smallest absolute Gasteiger partial charge is 0.294 e. The van der Waals surface area contributed by atoms with Crippen molar-refractivity contribution in [1.82, 2.24) is 39.9 Å². The van der Waals surface area contributed by atoms with E-state index >= 15 is 0 Å². The van der Waals surface area contributed by atoms with E-state index in [1.807, 2.05) is 104 Å². The van der Waals surface area contributed by atoms with Gasteiger partial charge >= 0.3 is 0 Å². The summed E-state index contributed by atoms with van der Waals surface area (Å²) in [5.74, 6) is 0. The number of H-pyrrole nitrogens is 2. The van der Waals surface area contributed by atoms with Gasteiger partial charge in [-0.25, -0.2) is 9.97 Å². The molecule has 24 heteroatoms. The number of aromatic amines is 2. The van der Waals surface area contributed by atoms with E-state index in [2.05, 4.69) is 103 Å². The fraction of sp³-hybridized carbons (Fsp3) is 0.111. The van der Waals surface area contributed by atoms with Crippen LogP contribution in [0.5, 0.6) is 0 Å². The Kier molecular flexibility index (Phi) is 21.6. The number of nitrogens with one attached hydrogen (secondary N) is 2. The number of fused-ring (bicyclic) bond motifs is 8. The van der Waals surface area contributed by atoms with Gasteiger partial charge in [-0.1, -0.05) is 70.8 Å². The third-order valence-electron chi connectivity index (χ3n) is 14.8. The van der Waals surface area contributed by atoms with E-state index in [1.165, 1.54) is 48.5 Å². The molecule has 7 aromatic heterocycles. The van der Waals surface area contributed by atoms with Crippen molar-refractivity contribution in [2.75, 3.05) is 0 Å². The fourth-order valence-electron chi connectivity index (χ4n) is 10.1. The number of rotatable bonds is 8. The number of hydrogen-bond donors (Lipinski definition) is 6. The van der Waals surface area contributed by atoms with Crippen molar-refractivity contribution in [1.29, 1.82) is 0 Å². The summed E-state index contributed by atoms with van der Waals surface area (Å²) >= 11 is 0. The van der Waals surface area contributed by atoms with Crippen LogP contribution in [0.1, 0.15) is 67.8 Å². The number of aryl methyl sites for hydroxylation is 8. The third kappa shape index (κ3) is 18.1. The largest absolute Gasteiger partial charge is 0.354 e. The Hall–Kier alpha value is -10.3. The molecular formula is C72H66N8O12S4. The fourth-order valence-corrected chi connectivity index (χ4v) is 12.0. The van der Waals surface area contributed by atoms with Crippen LogP contribution in [-0.4, -0.2) is 91.8 Å². The van der Waals surface area contributed by atoms with Crippen molar-refractivity contribution in [2.24, 2.45) is 0 Å². The van der Waals surface area contributed by atoms with Crippen LogP contribution < -0.4 is 0 Å². The minimum absolute atomic E-state index is 0.0666. The summed E-state index contributed by atoms with van der Waals surface area (Å²) in [5.41, 5.74) is 22.7. The Bertz CT molecular complexity index is 4760. The van der Waals surface area contributed by atoms with E-state index in [0.29, 0.717) is 0 Å². The van der Waals surface area contributed by atoms with Crippen LogP contribution in [0.15, 0.2) is 214 Å². The SMILES string of the molecule is Cc1cc(-c2c3nc(c(-c4ccnc(C)c4)c4ccc([nH]4)c(-c4ccnc(C)c4)c4nc(c(-c5ccnc(C)c5)c5ccc2[nH]5)C=C4)C=C3)ccn1.Cc1ccc(S(=O)(=O)O)cc1.Cc1ccc(S(=O)(=O)O)cc1.Cc1ccc(S(=O)(=O)O)cc1.Cc1ccc(S(=O)(=O)O)cc1. The van der Waals surface area contributed by atoms with Crippen molar-refractivity contribution in [3.05, 3.63) is 262 Å². The van der Waals surface area contributed by atoms with Gasteiger partial charge in [0.2, 0.25) is 0 Å². The standard InChI is InChI=1S/C44H34N8.4C7H8O3S/c1-25-21-29(13-17-45-25)41-33-5-7-35(49-33)42(30-14-18-46-26(2)22-30)37-9-11-39(51-37)44(32-16-20-48-28(4)24-32)40-12-10-38(52-40)43(36-8-6-34(41)50-36)31-15-19-47-27(3)23-31;4*1-6-2-4-7(5-3-6)11(8,9)10/h5-24,49,52H,1-4H3;4*2-5H,1H3,(H,8,9,10). The molecule has 4 aromatic carbocycles. The summed E-state index contributed by atoms with van der Waals surface area (Å²) in [6, 6.07) is 49.1. The van der Waals surface area contributed by atoms with Gasteiger partial charge in [-0.05, 0) is 223 Å². The molecule has 0 aliphatic carbocycles. The van der Waals surface area contributed by atoms with Crippen LogP contribution in [0.3, 0.4) is 0 Å². The molecule has 0 fully saturated rings. The molecule has 0 atom stereocenters. The minimum atomic E-state index is -4.02. The molecule has 2 aliphatic rings. The maximum absolute atomic E-state index is 10.5. The van der Waals surface area contributed by atoms with Crippen LogP contribution in [-0.2, 0) is 40.5 Å². The van der Waals surface area contributed by atoms with E-state index in [-0.39, 0.29) is 19.6 Å². The molecule has 0 saturated heterocycles. The molecule has 490 valence electrons. The van der Waals surface area contributed by atoms with Crippen LogP contribution in [0.2, 0.25) is 0 Å². The molecule has 96 heavy (non-hydrogen) atoms. The first kappa shape index (κ1) is 70.0. The number of hydrogen-bond acceptors (Lipinski definition) is 14. The molecule has 0 radical (unpaired) electrons. The summed E-state index contributed by atoms with van der Waals surface area (Å²) < 4.78 is 118. The zero-order valence-corrected chi connectivity index (χ0v) is 56.4. The number of pyridine rings is 4. The van der Waals surface area contributed by atoms with E-state index in [4.69, 9.17) is 28.2 Å². The molecule has 6 N–H and O–H groups in total. The summed E-state index contributed by atoms with van der Waals surface area (Å²) in [6.45, 7) is 15.4. The van der Waals surface area contributed by atoms with Gasteiger partial charge in [0.15, 0.2) is 0 Å². The monoisotopic (exact) mass is 1360 g/mol. The maximum atomic E-state index is 10.5. The Morgan fingerprint density at radius 1 is 0.271 bits per heavy atom. The van der Waals surface area contributed by atoms with Crippen LogP contribution in [0.4, 0.5) is 0 Å². The zero-order valence-electron chi connectivity index (χ0n) is 53.2. The molecule has 0 saturated carbocycles. The molecule has 20 nitrogen and oxygen atoms in total. The lowest BCUT2D eigenvalue weighted by Crippen LogP contribution is -1.96. The van der Waals surface area contributed by atoms with Gasteiger partial charge in [0, 0.05) is 91.9 Å². The molecule has 13 rings (SSSR count). The summed E-state index contributed by atoms with van der Waals surface area (Å²) in [6.07, 6.45) is 15.8. The average molecular weight is 1360 g/mol. The van der Waals surface area contributed by atoms with Gasteiger partial charge in [0.1, 0.15) is 0 Å². The van der Waals surface area contributed by atoms with Crippen molar-refractivity contribution >= 4 is 86.8 Å². The second-order valence-corrected chi connectivity index (χ2v) is 28.1. The molecule has 0 amide bonds. The Balaban J connectivity index is 0.000000196. The van der Waals surface area contributed by atoms with E-state index in [0.717, 1.165) is 134 Å². The molecule has 11 aromatic rings. The first-order chi connectivity index (χ1) is 45.4. The second kappa shape index (κ2) is 29.6. The summed E-state index contributed by atoms with van der Waals surface area (Å²) in [4.78, 5) is 36.1. The summed E-state index contributed by atoms with van der Waals surface area (Å²) in [5, 5.41) is 0. The van der Waals surface area contributed by atoms with Gasteiger partial charge in [-0.2, -0.15) is 33.7 Å². The van der Waals surface area contributed by atoms with Gasteiger partial charge < -0.3 is 9.97 Å². The highest BCUT2D eigenvalue weighted by atomic mass is 32.2. The first-order valence-electron chi connectivity index (χ1n) is 29.4. The van der Waals surface area contributed by atoms with Gasteiger partial charge in [0.05, 0.1) is 42.4 Å². The first-order valence-corrected chi connectivity index (χ1v) is 35.2. The maximum Gasteiger partial charge on any atom is 0.294 e. The zero-order chi connectivity index (χ0) is 69.3. The van der Waals surface area contributed by atoms with Crippen LogP contribution in [0.25, 0.3) is 90.9 Å². The molecule has 0 unspecified atom stereocenters. The number of nitrogens with zero attached hydrogens (tertiary/aromatic N) is 6. The van der Waals surface area contributed by atoms with Gasteiger partial charge in [-0.3, -0.25) is 38.1 Å². The van der Waals surface area contributed by atoms with Gasteiger partial charge in [-0.15, -0.1) is 0 Å². The molecule has 8 bridgehead atoms. The van der Waals surface area contributed by atoms with Crippen molar-refractivity contribution < 1.29 is 51.9 Å². The highest BCUT2D eigenvalue weighted by molar-refractivity contribution is 7.86. The summed E-state index contributed by atoms with van der Waals surface area (Å²) in [7, 11) is -16.1. The highest BCUT2D eigenvalue weighted by Crippen LogP contribution is 2.39. The minimum Gasteiger partial charge on any atom is -0.354 e. The molecule has 0 spiro atoms. The topological polar surface area (TPSA) is 326 Å². The molecule has 9 heterocycles. The average Bonchev–Trinajstić information content (AvgIpc) is 1.61. The number of benzene rings is 4. The highest BCUT2D eigenvalue weighted by Gasteiger charge is 2.20. The Morgan fingerprint density at radius 2 is 0.458 bits per heavy atom. The second-order valence-electron chi connectivity index (χ2n) is 22.4. The lowest BCUT2D eigenvalue weighted by molar-refractivity contribution is 0.481. The Labute approximate surface area is 557 Å². The lowest BCUT2D eigenvalue weighted by Gasteiger charge is -2.07. The molecular weight excluding hydrogens is 1300 g/mol. The number of aromatic nitrogens is 8. The quantitative estimate of drug-likeness (QED) is 0.0770. The third-order valence-corrected chi connectivity index (χ3v) is 18.2. The van der Waals surface area contributed by atoms with Crippen LogP contribution >= 0.6 is 0 Å². The lowest BCUT2D eigenvalue weighted by atomic mass is 10.0. The van der Waals surface area contributed by atoms with E-state index < -0.39 is 40.5 Å². The predicted octanol–water partition coefficient (Wildman–Crippen LogP) is 15.1. The predicted molar refractivity (Wildman–Crippen MR) is 375 cm³/mol. The van der Waals surface area contributed by atoms with E-state index in [1.54, 1.807) is 48.5 Å². The van der Waals surface area contributed by atoms with Gasteiger partial charge in [0.25, 0.3) is 40.5 Å². The van der Waals surface area contributed by atoms with Crippen LogP contribution in [0, 0.1) is 55.4 Å². The van der Waals surface area contributed by atoms with E-state index in [9.17, 15) is 33.7 Å². The Morgan fingerprint density at radius 3 is 0.625 bits per heavy atom. The normalized spacial score (nSPS) is 11.8. The van der Waals surface area contributed by atoms with Crippen molar-refractivity contribution in [3.63, 3.8) is 0 Å².